The summed E-state index contributed by atoms with van der Waals surface area (Å²) in [7, 11) is 0. The van der Waals surface area contributed by atoms with Gasteiger partial charge in [-0.3, -0.25) is 9.59 Å². The van der Waals surface area contributed by atoms with Gasteiger partial charge >= 0.3 is 0 Å². The van der Waals surface area contributed by atoms with E-state index in [0.29, 0.717) is 25.4 Å². The fourth-order valence-corrected chi connectivity index (χ4v) is 4.15. The summed E-state index contributed by atoms with van der Waals surface area (Å²) in [6.07, 6.45) is 5.67. The highest BCUT2D eigenvalue weighted by Gasteiger charge is 2.26. The summed E-state index contributed by atoms with van der Waals surface area (Å²) in [6, 6.07) is 8.27. The maximum Gasteiger partial charge on any atom is 0.242 e. The Bertz CT molecular complexity index is 931. The molecule has 1 atom stereocenters. The van der Waals surface area contributed by atoms with Crippen LogP contribution in [0.5, 0.6) is 0 Å². The zero-order valence-electron chi connectivity index (χ0n) is 18.5. The van der Waals surface area contributed by atoms with Crippen molar-refractivity contribution in [1.82, 2.24) is 10.6 Å². The summed E-state index contributed by atoms with van der Waals surface area (Å²) >= 11 is 0. The first kappa shape index (κ1) is 24.6. The molecule has 0 spiro atoms. The first-order valence-corrected chi connectivity index (χ1v) is 11.4. The van der Waals surface area contributed by atoms with Crippen molar-refractivity contribution in [3.05, 3.63) is 65.5 Å². The SMILES string of the molecule is O=C(Cc1ccc(F)cc1F)NC(CC1CCCCC1)C(=O)NCCNc1ccc(F)cc1. The van der Waals surface area contributed by atoms with Crippen molar-refractivity contribution >= 4 is 17.5 Å². The lowest BCUT2D eigenvalue weighted by Crippen LogP contribution is -2.49. The molecule has 3 rings (SSSR count). The van der Waals surface area contributed by atoms with Gasteiger partial charge in [-0.25, -0.2) is 13.2 Å². The highest BCUT2D eigenvalue weighted by molar-refractivity contribution is 5.88. The Balaban J connectivity index is 1.54. The molecule has 2 aromatic rings. The van der Waals surface area contributed by atoms with E-state index in [2.05, 4.69) is 16.0 Å². The second-order valence-corrected chi connectivity index (χ2v) is 8.50. The minimum absolute atomic E-state index is 0.0780. The largest absolute Gasteiger partial charge is 0.383 e. The Labute approximate surface area is 192 Å². The number of rotatable bonds is 10. The lowest BCUT2D eigenvalue weighted by molar-refractivity contribution is -0.129. The Morgan fingerprint density at radius 3 is 2.30 bits per heavy atom. The molecular formula is C25H30F3N3O2. The van der Waals surface area contributed by atoms with Crippen LogP contribution in [0.25, 0.3) is 0 Å². The van der Waals surface area contributed by atoms with Crippen LogP contribution in [0.1, 0.15) is 44.1 Å². The molecule has 5 nitrogen and oxygen atoms in total. The molecule has 1 saturated carbocycles. The van der Waals surface area contributed by atoms with Crippen LogP contribution in [-0.4, -0.2) is 30.9 Å². The molecule has 0 heterocycles. The second-order valence-electron chi connectivity index (χ2n) is 8.50. The van der Waals surface area contributed by atoms with Crippen LogP contribution < -0.4 is 16.0 Å². The first-order valence-electron chi connectivity index (χ1n) is 11.4. The zero-order chi connectivity index (χ0) is 23.6. The molecule has 1 aliphatic carbocycles. The maximum atomic E-state index is 13.9. The van der Waals surface area contributed by atoms with Crippen LogP contribution in [0, 0.1) is 23.4 Å². The normalized spacial score (nSPS) is 15.0. The molecule has 178 valence electrons. The number of amides is 2. The van der Waals surface area contributed by atoms with Crippen molar-refractivity contribution in [3.63, 3.8) is 0 Å². The molecule has 2 aromatic carbocycles. The van der Waals surface area contributed by atoms with E-state index in [9.17, 15) is 22.8 Å². The number of benzene rings is 2. The van der Waals surface area contributed by atoms with E-state index in [-0.39, 0.29) is 23.7 Å². The van der Waals surface area contributed by atoms with Gasteiger partial charge in [0.15, 0.2) is 0 Å². The van der Waals surface area contributed by atoms with Gasteiger partial charge in [-0.05, 0) is 48.2 Å². The zero-order valence-corrected chi connectivity index (χ0v) is 18.5. The topological polar surface area (TPSA) is 70.2 Å². The predicted molar refractivity (Wildman–Crippen MR) is 121 cm³/mol. The van der Waals surface area contributed by atoms with Gasteiger partial charge < -0.3 is 16.0 Å². The van der Waals surface area contributed by atoms with Gasteiger partial charge in [0.05, 0.1) is 6.42 Å². The highest BCUT2D eigenvalue weighted by atomic mass is 19.1. The van der Waals surface area contributed by atoms with Gasteiger partial charge in [0, 0.05) is 24.8 Å². The minimum Gasteiger partial charge on any atom is -0.383 e. The van der Waals surface area contributed by atoms with E-state index in [0.717, 1.165) is 43.5 Å². The predicted octanol–water partition coefficient (Wildman–Crippen LogP) is 4.33. The third kappa shape index (κ3) is 8.11. The number of anilines is 1. The molecule has 0 radical (unpaired) electrons. The Hall–Kier alpha value is -3.03. The number of nitrogens with one attached hydrogen (secondary N) is 3. The van der Waals surface area contributed by atoms with E-state index in [1.165, 1.54) is 24.6 Å². The van der Waals surface area contributed by atoms with E-state index >= 15 is 0 Å². The van der Waals surface area contributed by atoms with Crippen LogP contribution in [-0.2, 0) is 16.0 Å². The lowest BCUT2D eigenvalue weighted by atomic mass is 9.84. The molecule has 2 amide bonds. The van der Waals surface area contributed by atoms with Crippen LogP contribution in [0.4, 0.5) is 18.9 Å². The van der Waals surface area contributed by atoms with Gasteiger partial charge in [0.2, 0.25) is 11.8 Å². The summed E-state index contributed by atoms with van der Waals surface area (Å²) in [5, 5.41) is 8.66. The molecule has 0 saturated heterocycles. The molecule has 0 bridgehead atoms. The average molecular weight is 462 g/mol. The highest BCUT2D eigenvalue weighted by Crippen LogP contribution is 2.27. The molecule has 0 aromatic heterocycles. The van der Waals surface area contributed by atoms with Crippen LogP contribution in [0.3, 0.4) is 0 Å². The number of hydrogen-bond donors (Lipinski definition) is 3. The van der Waals surface area contributed by atoms with Crippen molar-refractivity contribution < 1.29 is 22.8 Å². The van der Waals surface area contributed by atoms with Crippen molar-refractivity contribution in [1.29, 1.82) is 0 Å². The van der Waals surface area contributed by atoms with Crippen LogP contribution >= 0.6 is 0 Å². The lowest BCUT2D eigenvalue weighted by Gasteiger charge is -2.26. The van der Waals surface area contributed by atoms with Gasteiger partial charge in [-0.1, -0.05) is 38.2 Å². The Kier molecular flexibility index (Phi) is 9.15. The monoisotopic (exact) mass is 461 g/mol. The van der Waals surface area contributed by atoms with E-state index in [4.69, 9.17) is 0 Å². The molecule has 1 unspecified atom stereocenters. The summed E-state index contributed by atoms with van der Waals surface area (Å²) in [4.78, 5) is 25.4. The molecule has 1 aliphatic rings. The molecular weight excluding hydrogens is 431 g/mol. The standard InChI is InChI=1S/C25H30F3N3O2/c26-19-8-10-21(11-9-19)29-12-13-30-25(33)23(14-17-4-2-1-3-5-17)31-24(32)15-18-6-7-20(27)16-22(18)28/h6-11,16-17,23,29H,1-5,12-15H2,(H,30,33)(H,31,32). The Morgan fingerprint density at radius 2 is 1.61 bits per heavy atom. The first-order chi connectivity index (χ1) is 15.9. The summed E-state index contributed by atoms with van der Waals surface area (Å²) in [5.74, 6) is -2.26. The number of hydrogen-bond acceptors (Lipinski definition) is 3. The molecule has 0 aliphatic heterocycles. The maximum absolute atomic E-state index is 13.9. The van der Waals surface area contributed by atoms with Crippen molar-refractivity contribution in [2.24, 2.45) is 5.92 Å². The molecule has 3 N–H and O–H groups in total. The Morgan fingerprint density at radius 1 is 0.909 bits per heavy atom. The minimum atomic E-state index is -0.787. The van der Waals surface area contributed by atoms with Crippen molar-refractivity contribution in [3.8, 4) is 0 Å². The van der Waals surface area contributed by atoms with Gasteiger partial charge in [-0.2, -0.15) is 0 Å². The number of halogens is 3. The van der Waals surface area contributed by atoms with Gasteiger partial charge in [0.1, 0.15) is 23.5 Å². The molecule has 8 heteroatoms. The summed E-state index contributed by atoms with van der Waals surface area (Å²) in [5.41, 5.74) is 0.813. The van der Waals surface area contributed by atoms with Crippen molar-refractivity contribution in [2.75, 3.05) is 18.4 Å². The molecule has 33 heavy (non-hydrogen) atoms. The smallest absolute Gasteiger partial charge is 0.242 e. The third-order valence-electron chi connectivity index (χ3n) is 5.91. The average Bonchev–Trinajstić information content (AvgIpc) is 2.80. The van der Waals surface area contributed by atoms with E-state index in [1.807, 2.05) is 0 Å². The van der Waals surface area contributed by atoms with Crippen LogP contribution in [0.2, 0.25) is 0 Å². The number of carbonyl (C=O) groups excluding carboxylic acids is 2. The van der Waals surface area contributed by atoms with E-state index < -0.39 is 23.6 Å². The summed E-state index contributed by atoms with van der Waals surface area (Å²) in [6.45, 7) is 0.752. The van der Waals surface area contributed by atoms with Crippen molar-refractivity contribution in [2.45, 2.75) is 51.0 Å². The quantitative estimate of drug-likeness (QED) is 0.462. The van der Waals surface area contributed by atoms with E-state index in [1.54, 1.807) is 12.1 Å². The fourth-order valence-electron chi connectivity index (χ4n) is 4.15. The van der Waals surface area contributed by atoms with Crippen LogP contribution in [0.15, 0.2) is 42.5 Å². The second kappa shape index (κ2) is 12.3. The fraction of sp³-hybridized carbons (Fsp3) is 0.440. The third-order valence-corrected chi connectivity index (χ3v) is 5.91. The van der Waals surface area contributed by atoms with Gasteiger partial charge in [0.25, 0.3) is 0 Å². The summed E-state index contributed by atoms with van der Waals surface area (Å²) < 4.78 is 40.0. The van der Waals surface area contributed by atoms with Gasteiger partial charge in [-0.15, -0.1) is 0 Å². The molecule has 1 fully saturated rings. The number of carbonyl (C=O) groups is 2.